The Labute approximate surface area is 146 Å². The van der Waals surface area contributed by atoms with Gasteiger partial charge in [0, 0.05) is 19.7 Å². The number of halogens is 1. The van der Waals surface area contributed by atoms with E-state index in [-0.39, 0.29) is 17.8 Å². The highest BCUT2D eigenvalue weighted by atomic mass is 35.5. The van der Waals surface area contributed by atoms with Crippen molar-refractivity contribution in [2.75, 3.05) is 19.7 Å². The summed E-state index contributed by atoms with van der Waals surface area (Å²) >= 11 is 6.22. The zero-order valence-electron chi connectivity index (χ0n) is 13.9. The summed E-state index contributed by atoms with van der Waals surface area (Å²) in [6, 6.07) is 7.37. The number of carbonyl (C=O) groups is 1. The zero-order chi connectivity index (χ0) is 17.1. The normalized spacial score (nSPS) is 18.0. The average molecular weight is 349 g/mol. The molecule has 1 fully saturated rings. The first kappa shape index (κ1) is 16.9. The van der Waals surface area contributed by atoms with E-state index in [1.807, 2.05) is 32.0 Å². The fraction of sp³-hybridized carbons (Fsp3) is 0.471. The first-order valence-electron chi connectivity index (χ1n) is 8.19. The summed E-state index contributed by atoms with van der Waals surface area (Å²) in [5, 5.41) is 4.94. The average Bonchev–Trinajstić information content (AvgIpc) is 2.97. The third-order valence-corrected chi connectivity index (χ3v) is 4.43. The van der Waals surface area contributed by atoms with E-state index in [0.29, 0.717) is 36.2 Å². The number of piperidine rings is 1. The van der Waals surface area contributed by atoms with Crippen molar-refractivity contribution in [1.29, 1.82) is 0 Å². The van der Waals surface area contributed by atoms with Gasteiger partial charge in [0.2, 0.25) is 5.82 Å². The first-order chi connectivity index (χ1) is 11.6. The number of likely N-dealkylation sites (tertiary alicyclic amines) is 1. The highest BCUT2D eigenvalue weighted by Gasteiger charge is 2.27. The topological polar surface area (TPSA) is 60.2 Å². The van der Waals surface area contributed by atoms with Gasteiger partial charge in [-0.25, -0.2) is 9.67 Å². The fourth-order valence-electron chi connectivity index (χ4n) is 2.97. The van der Waals surface area contributed by atoms with Crippen molar-refractivity contribution < 1.29 is 9.53 Å². The molecule has 1 aromatic heterocycles. The van der Waals surface area contributed by atoms with Gasteiger partial charge in [-0.1, -0.05) is 23.7 Å². The minimum atomic E-state index is -0.159. The summed E-state index contributed by atoms with van der Waals surface area (Å²) in [7, 11) is 0. The largest absolute Gasteiger partial charge is 0.377 e. The number of para-hydroxylation sites is 1. The van der Waals surface area contributed by atoms with Crippen molar-refractivity contribution in [2.45, 2.75) is 32.8 Å². The van der Waals surface area contributed by atoms with Gasteiger partial charge in [0.1, 0.15) is 5.82 Å². The van der Waals surface area contributed by atoms with Gasteiger partial charge in [-0.15, -0.1) is 5.10 Å². The minimum Gasteiger partial charge on any atom is -0.377 e. The number of hydrogen-bond acceptors (Lipinski definition) is 4. The van der Waals surface area contributed by atoms with Crippen LogP contribution in [0.3, 0.4) is 0 Å². The molecule has 0 bridgehead atoms. The number of hydrogen-bond donors (Lipinski definition) is 0. The van der Waals surface area contributed by atoms with Crippen LogP contribution in [-0.2, 0) is 4.74 Å². The van der Waals surface area contributed by atoms with Gasteiger partial charge < -0.3 is 9.64 Å². The van der Waals surface area contributed by atoms with E-state index in [9.17, 15) is 4.79 Å². The van der Waals surface area contributed by atoms with Gasteiger partial charge in [0.05, 0.1) is 16.8 Å². The molecule has 0 spiro atoms. The Balaban J connectivity index is 1.82. The highest BCUT2D eigenvalue weighted by Crippen LogP contribution is 2.21. The number of aryl methyl sites for hydroxylation is 1. The van der Waals surface area contributed by atoms with Gasteiger partial charge in [-0.05, 0) is 38.8 Å². The zero-order valence-corrected chi connectivity index (χ0v) is 14.7. The Kier molecular flexibility index (Phi) is 5.16. The number of rotatable bonds is 4. The standard InChI is InChI=1S/C17H21ClN4O2/c1-3-24-13-7-6-10-21(11-13)17(23)16-19-12(2)22(20-16)15-9-5-4-8-14(15)18/h4-5,8-9,13H,3,6-7,10-11H2,1-2H3/t13-/m0/s1. The van der Waals surface area contributed by atoms with Crippen molar-refractivity contribution in [2.24, 2.45) is 0 Å². The molecular formula is C17H21ClN4O2. The van der Waals surface area contributed by atoms with Crippen LogP contribution in [0.25, 0.3) is 5.69 Å². The molecule has 0 unspecified atom stereocenters. The van der Waals surface area contributed by atoms with Gasteiger partial charge in [-0.3, -0.25) is 4.79 Å². The molecule has 0 aliphatic carbocycles. The van der Waals surface area contributed by atoms with E-state index in [4.69, 9.17) is 16.3 Å². The molecule has 7 heteroatoms. The molecule has 0 saturated carbocycles. The maximum Gasteiger partial charge on any atom is 0.293 e. The van der Waals surface area contributed by atoms with Crippen LogP contribution in [0.5, 0.6) is 0 Å². The Morgan fingerprint density at radius 2 is 2.21 bits per heavy atom. The lowest BCUT2D eigenvalue weighted by Crippen LogP contribution is -2.43. The van der Waals surface area contributed by atoms with Crippen LogP contribution in [-0.4, -0.2) is 51.4 Å². The molecule has 2 heterocycles. The van der Waals surface area contributed by atoms with E-state index < -0.39 is 0 Å². The highest BCUT2D eigenvalue weighted by molar-refractivity contribution is 6.32. The molecule has 1 atom stereocenters. The third-order valence-electron chi connectivity index (χ3n) is 4.11. The van der Waals surface area contributed by atoms with Crippen molar-refractivity contribution in [3.63, 3.8) is 0 Å². The molecule has 24 heavy (non-hydrogen) atoms. The smallest absolute Gasteiger partial charge is 0.293 e. The number of amides is 1. The van der Waals surface area contributed by atoms with Crippen LogP contribution >= 0.6 is 11.6 Å². The van der Waals surface area contributed by atoms with Crippen LogP contribution in [0.1, 0.15) is 36.2 Å². The van der Waals surface area contributed by atoms with E-state index in [2.05, 4.69) is 10.1 Å². The second-order valence-electron chi connectivity index (χ2n) is 5.82. The first-order valence-corrected chi connectivity index (χ1v) is 8.57. The summed E-state index contributed by atoms with van der Waals surface area (Å²) in [5.74, 6) is 0.669. The van der Waals surface area contributed by atoms with Crippen molar-refractivity contribution >= 4 is 17.5 Å². The summed E-state index contributed by atoms with van der Waals surface area (Å²) < 4.78 is 7.27. The predicted molar refractivity (Wildman–Crippen MR) is 91.7 cm³/mol. The van der Waals surface area contributed by atoms with E-state index in [0.717, 1.165) is 12.8 Å². The number of benzene rings is 1. The van der Waals surface area contributed by atoms with Crippen molar-refractivity contribution in [3.05, 3.63) is 40.9 Å². The summed E-state index contributed by atoms with van der Waals surface area (Å²) in [6.07, 6.45) is 2.01. The molecule has 1 aliphatic heterocycles. The minimum absolute atomic E-state index is 0.0967. The lowest BCUT2D eigenvalue weighted by Gasteiger charge is -2.31. The van der Waals surface area contributed by atoms with Gasteiger partial charge in [0.15, 0.2) is 0 Å². The van der Waals surface area contributed by atoms with Crippen LogP contribution in [0, 0.1) is 6.92 Å². The Morgan fingerprint density at radius 1 is 1.42 bits per heavy atom. The van der Waals surface area contributed by atoms with Crippen molar-refractivity contribution in [1.82, 2.24) is 19.7 Å². The lowest BCUT2D eigenvalue weighted by molar-refractivity contribution is 0.00681. The Bertz CT molecular complexity index is 729. The summed E-state index contributed by atoms with van der Waals surface area (Å²) in [4.78, 5) is 18.8. The maximum atomic E-state index is 12.7. The van der Waals surface area contributed by atoms with Gasteiger partial charge in [0.25, 0.3) is 5.91 Å². The van der Waals surface area contributed by atoms with E-state index in [1.165, 1.54) is 0 Å². The Morgan fingerprint density at radius 3 is 2.96 bits per heavy atom. The molecular weight excluding hydrogens is 328 g/mol. The van der Waals surface area contributed by atoms with Gasteiger partial charge >= 0.3 is 0 Å². The van der Waals surface area contributed by atoms with Crippen molar-refractivity contribution in [3.8, 4) is 5.69 Å². The maximum absolute atomic E-state index is 12.7. The molecule has 1 amide bonds. The molecule has 1 aromatic carbocycles. The molecule has 0 radical (unpaired) electrons. The SMILES string of the molecule is CCO[C@H]1CCCN(C(=O)c2nc(C)n(-c3ccccc3Cl)n2)C1. The quantitative estimate of drug-likeness (QED) is 0.852. The number of aromatic nitrogens is 3. The van der Waals surface area contributed by atoms with Crippen LogP contribution in [0.2, 0.25) is 5.02 Å². The van der Waals surface area contributed by atoms with E-state index in [1.54, 1.807) is 15.6 Å². The molecule has 0 N–H and O–H groups in total. The van der Waals surface area contributed by atoms with Crippen LogP contribution in [0.15, 0.2) is 24.3 Å². The molecule has 2 aromatic rings. The fourth-order valence-corrected chi connectivity index (χ4v) is 3.18. The Hall–Kier alpha value is -1.92. The number of carbonyl (C=O) groups excluding carboxylic acids is 1. The van der Waals surface area contributed by atoms with E-state index >= 15 is 0 Å². The monoisotopic (exact) mass is 348 g/mol. The second kappa shape index (κ2) is 7.32. The molecule has 128 valence electrons. The lowest BCUT2D eigenvalue weighted by atomic mass is 10.1. The molecule has 1 aliphatic rings. The second-order valence-corrected chi connectivity index (χ2v) is 6.22. The summed E-state index contributed by atoms with van der Waals surface area (Å²) in [5.41, 5.74) is 0.717. The predicted octanol–water partition coefficient (Wildman–Crippen LogP) is 2.87. The molecule has 3 rings (SSSR count). The third kappa shape index (κ3) is 3.44. The number of nitrogens with zero attached hydrogens (tertiary/aromatic N) is 4. The molecule has 1 saturated heterocycles. The van der Waals surface area contributed by atoms with Crippen LogP contribution < -0.4 is 0 Å². The summed E-state index contributed by atoms with van der Waals surface area (Å²) in [6.45, 7) is 5.74. The van der Waals surface area contributed by atoms with Crippen LogP contribution in [0.4, 0.5) is 0 Å². The number of ether oxygens (including phenoxy) is 1. The molecule has 6 nitrogen and oxygen atoms in total. The van der Waals surface area contributed by atoms with Gasteiger partial charge in [-0.2, -0.15) is 0 Å².